The zero-order chi connectivity index (χ0) is 11.9. The standard InChI is InChI=1S/C14H26O2/c15-13-11-9-7-5-3-1-2-4-6-8-10-12-14-16/h15-16H,1-3,5,7-14H2. The van der Waals surface area contributed by atoms with E-state index in [0.29, 0.717) is 6.61 Å². The van der Waals surface area contributed by atoms with Gasteiger partial charge in [-0.1, -0.05) is 25.7 Å². The van der Waals surface area contributed by atoms with E-state index in [-0.39, 0.29) is 6.61 Å². The smallest absolute Gasteiger partial charge is 0.0431 e. The van der Waals surface area contributed by atoms with Crippen LogP contribution in [0.3, 0.4) is 0 Å². The van der Waals surface area contributed by atoms with Crippen LogP contribution in [0.1, 0.15) is 64.2 Å². The fraction of sp³-hybridized carbons (Fsp3) is 0.857. The molecule has 0 amide bonds. The van der Waals surface area contributed by atoms with Gasteiger partial charge < -0.3 is 10.2 Å². The molecule has 2 heteroatoms. The first-order valence-electron chi connectivity index (χ1n) is 6.59. The Balaban J connectivity index is 3.02. The number of unbranched alkanes of at least 4 members (excludes halogenated alkanes) is 8. The largest absolute Gasteiger partial charge is 0.396 e. The highest BCUT2D eigenvalue weighted by molar-refractivity contribution is 4.98. The summed E-state index contributed by atoms with van der Waals surface area (Å²) in [6.45, 7) is 0.620. The van der Waals surface area contributed by atoms with Crippen molar-refractivity contribution >= 4 is 0 Å². The first-order valence-corrected chi connectivity index (χ1v) is 6.59. The second-order valence-electron chi connectivity index (χ2n) is 4.13. The van der Waals surface area contributed by atoms with Crippen LogP contribution >= 0.6 is 0 Å². The molecule has 0 saturated carbocycles. The molecule has 0 aromatic rings. The van der Waals surface area contributed by atoms with Crippen molar-refractivity contribution in [3.63, 3.8) is 0 Å². The quantitative estimate of drug-likeness (QED) is 0.444. The molecule has 94 valence electrons. The maximum absolute atomic E-state index is 8.59. The summed E-state index contributed by atoms with van der Waals surface area (Å²) in [5, 5.41) is 17.2. The lowest BCUT2D eigenvalue weighted by atomic mass is 10.1. The van der Waals surface area contributed by atoms with Gasteiger partial charge in [0, 0.05) is 26.1 Å². The summed E-state index contributed by atoms with van der Waals surface area (Å²) >= 11 is 0. The molecule has 0 radical (unpaired) electrons. The molecule has 0 spiro atoms. The van der Waals surface area contributed by atoms with Crippen LogP contribution in [0.5, 0.6) is 0 Å². The lowest BCUT2D eigenvalue weighted by Gasteiger charge is -1.97. The minimum Gasteiger partial charge on any atom is -0.396 e. The Hall–Kier alpha value is -0.520. The first kappa shape index (κ1) is 15.5. The molecule has 0 atom stereocenters. The fourth-order valence-electron chi connectivity index (χ4n) is 1.53. The van der Waals surface area contributed by atoms with E-state index in [1.807, 2.05) is 0 Å². The second-order valence-corrected chi connectivity index (χ2v) is 4.13. The minimum atomic E-state index is 0.287. The van der Waals surface area contributed by atoms with Crippen molar-refractivity contribution in [3.8, 4) is 11.8 Å². The van der Waals surface area contributed by atoms with Crippen molar-refractivity contribution in [2.24, 2.45) is 0 Å². The molecule has 0 heterocycles. The van der Waals surface area contributed by atoms with Crippen LogP contribution in [0, 0.1) is 11.8 Å². The van der Waals surface area contributed by atoms with Gasteiger partial charge in [-0.25, -0.2) is 0 Å². The van der Waals surface area contributed by atoms with Crippen LogP contribution < -0.4 is 0 Å². The van der Waals surface area contributed by atoms with E-state index in [0.717, 1.165) is 38.5 Å². The molecule has 0 aromatic carbocycles. The van der Waals surface area contributed by atoms with Gasteiger partial charge in [-0.05, 0) is 25.7 Å². The average Bonchev–Trinajstić information content (AvgIpc) is 2.31. The predicted octanol–water partition coefficient (Wildman–Crippen LogP) is 2.88. The van der Waals surface area contributed by atoms with Gasteiger partial charge in [0.2, 0.25) is 0 Å². The molecule has 0 unspecified atom stereocenters. The number of hydrogen-bond acceptors (Lipinski definition) is 2. The average molecular weight is 226 g/mol. The lowest BCUT2D eigenvalue weighted by molar-refractivity contribution is 0.282. The highest BCUT2D eigenvalue weighted by Crippen LogP contribution is 2.06. The summed E-state index contributed by atoms with van der Waals surface area (Å²) in [5.74, 6) is 6.31. The van der Waals surface area contributed by atoms with Crippen LogP contribution in [0.4, 0.5) is 0 Å². The van der Waals surface area contributed by atoms with Crippen molar-refractivity contribution in [1.82, 2.24) is 0 Å². The third kappa shape index (κ3) is 13.5. The monoisotopic (exact) mass is 226 g/mol. The van der Waals surface area contributed by atoms with Crippen molar-refractivity contribution in [2.45, 2.75) is 64.2 Å². The normalized spacial score (nSPS) is 9.88. The number of hydrogen-bond donors (Lipinski definition) is 2. The Kier molecular flexibility index (Phi) is 14.0. The maximum atomic E-state index is 8.59. The molecule has 0 saturated heterocycles. The molecule has 0 bridgehead atoms. The SMILES string of the molecule is OCCCCC#CCCCCCCCCO. The number of aliphatic hydroxyl groups is 2. The molecule has 2 N–H and O–H groups in total. The Morgan fingerprint density at radius 2 is 0.875 bits per heavy atom. The molecule has 0 aliphatic rings. The summed E-state index contributed by atoms with van der Waals surface area (Å²) in [5.41, 5.74) is 0. The summed E-state index contributed by atoms with van der Waals surface area (Å²) in [6, 6.07) is 0. The molecule has 2 nitrogen and oxygen atoms in total. The van der Waals surface area contributed by atoms with E-state index in [1.54, 1.807) is 0 Å². The lowest BCUT2D eigenvalue weighted by Crippen LogP contribution is -1.83. The van der Waals surface area contributed by atoms with Crippen molar-refractivity contribution in [3.05, 3.63) is 0 Å². The third-order valence-corrected chi connectivity index (χ3v) is 2.54. The van der Waals surface area contributed by atoms with E-state index in [4.69, 9.17) is 10.2 Å². The maximum Gasteiger partial charge on any atom is 0.0431 e. The van der Waals surface area contributed by atoms with E-state index in [9.17, 15) is 0 Å². The minimum absolute atomic E-state index is 0.287. The van der Waals surface area contributed by atoms with Crippen molar-refractivity contribution < 1.29 is 10.2 Å². The van der Waals surface area contributed by atoms with Gasteiger partial charge in [0.1, 0.15) is 0 Å². The van der Waals surface area contributed by atoms with E-state index < -0.39 is 0 Å². The molecule has 0 aliphatic carbocycles. The van der Waals surface area contributed by atoms with Crippen molar-refractivity contribution in [2.75, 3.05) is 13.2 Å². The molecule has 0 aromatic heterocycles. The second kappa shape index (κ2) is 14.5. The Bertz CT molecular complexity index is 179. The van der Waals surface area contributed by atoms with Crippen LogP contribution in [0.2, 0.25) is 0 Å². The van der Waals surface area contributed by atoms with Gasteiger partial charge in [-0.3, -0.25) is 0 Å². The first-order chi connectivity index (χ1) is 7.91. The fourth-order valence-corrected chi connectivity index (χ4v) is 1.53. The van der Waals surface area contributed by atoms with Gasteiger partial charge in [0.25, 0.3) is 0 Å². The van der Waals surface area contributed by atoms with E-state index in [1.165, 1.54) is 25.7 Å². The highest BCUT2D eigenvalue weighted by atomic mass is 16.3. The molecule has 0 fully saturated rings. The Morgan fingerprint density at radius 1 is 0.500 bits per heavy atom. The Labute approximate surface area is 100 Å². The predicted molar refractivity (Wildman–Crippen MR) is 68.1 cm³/mol. The zero-order valence-corrected chi connectivity index (χ0v) is 10.4. The molecule has 0 rings (SSSR count). The highest BCUT2D eigenvalue weighted by Gasteiger charge is 1.89. The summed E-state index contributed by atoms with van der Waals surface area (Å²) in [4.78, 5) is 0. The van der Waals surface area contributed by atoms with Gasteiger partial charge in [-0.2, -0.15) is 0 Å². The number of rotatable bonds is 10. The molecular weight excluding hydrogens is 200 g/mol. The van der Waals surface area contributed by atoms with E-state index >= 15 is 0 Å². The zero-order valence-electron chi connectivity index (χ0n) is 10.4. The van der Waals surface area contributed by atoms with Gasteiger partial charge in [0.15, 0.2) is 0 Å². The Morgan fingerprint density at radius 3 is 1.44 bits per heavy atom. The summed E-state index contributed by atoms with van der Waals surface area (Å²) < 4.78 is 0. The van der Waals surface area contributed by atoms with Crippen LogP contribution in [-0.4, -0.2) is 23.4 Å². The third-order valence-electron chi connectivity index (χ3n) is 2.54. The molecule has 0 aliphatic heterocycles. The summed E-state index contributed by atoms with van der Waals surface area (Å²) in [7, 11) is 0. The van der Waals surface area contributed by atoms with Gasteiger partial charge in [-0.15, -0.1) is 11.8 Å². The number of aliphatic hydroxyl groups excluding tert-OH is 2. The summed E-state index contributed by atoms with van der Waals surface area (Å²) in [6.07, 6.45) is 10.9. The van der Waals surface area contributed by atoms with Crippen LogP contribution in [-0.2, 0) is 0 Å². The van der Waals surface area contributed by atoms with Gasteiger partial charge >= 0.3 is 0 Å². The topological polar surface area (TPSA) is 40.5 Å². The van der Waals surface area contributed by atoms with Crippen LogP contribution in [0.25, 0.3) is 0 Å². The van der Waals surface area contributed by atoms with E-state index in [2.05, 4.69) is 11.8 Å². The molecular formula is C14H26O2. The van der Waals surface area contributed by atoms with Gasteiger partial charge in [0.05, 0.1) is 0 Å². The van der Waals surface area contributed by atoms with Crippen LogP contribution in [0.15, 0.2) is 0 Å². The molecule has 16 heavy (non-hydrogen) atoms. The van der Waals surface area contributed by atoms with Crippen molar-refractivity contribution in [1.29, 1.82) is 0 Å².